The minimum Gasteiger partial charge on any atom is -0.394 e. The lowest BCUT2D eigenvalue weighted by Gasteiger charge is -2.06. The molecule has 0 aromatic rings. The Morgan fingerprint density at radius 2 is 2.40 bits per heavy atom. The molecule has 58 valence electrons. The first-order valence-corrected chi connectivity index (χ1v) is 2.80. The van der Waals surface area contributed by atoms with Crippen LogP contribution in [0, 0.1) is 0 Å². The third-order valence-corrected chi connectivity index (χ3v) is 0.893. The molecule has 4 N–H and O–H groups in total. The van der Waals surface area contributed by atoms with Crippen LogP contribution in [0.1, 0.15) is 0 Å². The van der Waals surface area contributed by atoms with Crippen LogP contribution < -0.4 is 11.1 Å². The number of rotatable bonds is 4. The summed E-state index contributed by atoms with van der Waals surface area (Å²) in [5.41, 5.74) is 4.92. The molecule has 0 saturated heterocycles. The van der Waals surface area contributed by atoms with Crippen molar-refractivity contribution in [3.05, 3.63) is 0 Å². The highest BCUT2D eigenvalue weighted by Gasteiger charge is 2.06. The summed E-state index contributed by atoms with van der Waals surface area (Å²) < 4.78 is 0. The van der Waals surface area contributed by atoms with E-state index in [1.165, 1.54) is 0 Å². The minimum absolute atomic E-state index is 0.176. The van der Waals surface area contributed by atoms with Gasteiger partial charge < -0.3 is 21.0 Å². The maximum absolute atomic E-state index is 10.4. The van der Waals surface area contributed by atoms with E-state index in [-0.39, 0.29) is 6.54 Å². The molecule has 0 spiro atoms. The fourth-order valence-electron chi connectivity index (χ4n) is 0.388. The number of hydrogen-bond donors (Lipinski definition) is 3. The Hall–Kier alpha value is -0.940. The van der Waals surface area contributed by atoms with Gasteiger partial charge in [-0.1, -0.05) is 0 Å². The van der Waals surface area contributed by atoms with Crippen molar-refractivity contribution in [2.45, 2.75) is 6.04 Å². The van der Waals surface area contributed by atoms with Gasteiger partial charge in [0.05, 0.1) is 13.2 Å². The summed E-state index contributed by atoms with van der Waals surface area (Å²) >= 11 is 0. The predicted octanol–water partition coefficient (Wildman–Crippen LogP) is -2.38. The third-order valence-electron chi connectivity index (χ3n) is 0.893. The van der Waals surface area contributed by atoms with E-state index in [4.69, 9.17) is 10.8 Å². The molecule has 0 fully saturated rings. The van der Waals surface area contributed by atoms with Crippen LogP contribution in [-0.2, 0) is 9.59 Å². The topological polar surface area (TPSA) is 92.4 Å². The molecule has 0 aliphatic heterocycles. The maximum atomic E-state index is 10.4. The van der Waals surface area contributed by atoms with Crippen molar-refractivity contribution in [2.24, 2.45) is 5.73 Å². The van der Waals surface area contributed by atoms with Gasteiger partial charge in [0.1, 0.15) is 12.3 Å². The van der Waals surface area contributed by atoms with Gasteiger partial charge in [-0.2, -0.15) is 0 Å². The van der Waals surface area contributed by atoms with Gasteiger partial charge in [-0.05, 0) is 0 Å². The first-order chi connectivity index (χ1) is 4.74. The Kier molecular flexibility index (Phi) is 4.43. The summed E-state index contributed by atoms with van der Waals surface area (Å²) in [6, 6.07) is -0.823. The van der Waals surface area contributed by atoms with Crippen LogP contribution in [0.3, 0.4) is 0 Å². The molecule has 0 bridgehead atoms. The van der Waals surface area contributed by atoms with Crippen LogP contribution in [0.5, 0.6) is 0 Å². The van der Waals surface area contributed by atoms with Crippen LogP contribution in [0.2, 0.25) is 0 Å². The van der Waals surface area contributed by atoms with Gasteiger partial charge in [0.15, 0.2) is 0 Å². The maximum Gasteiger partial charge on any atom is 0.234 e. The van der Waals surface area contributed by atoms with Gasteiger partial charge in [0.2, 0.25) is 5.91 Å². The number of aldehydes is 1. The Balaban J connectivity index is 3.62. The summed E-state index contributed by atoms with van der Waals surface area (Å²) in [5, 5.41) is 10.6. The molecule has 0 aliphatic carbocycles. The Morgan fingerprint density at radius 3 is 2.70 bits per heavy atom. The molecule has 0 aromatic heterocycles. The zero-order valence-corrected chi connectivity index (χ0v) is 5.41. The van der Waals surface area contributed by atoms with Gasteiger partial charge in [-0.15, -0.1) is 0 Å². The van der Waals surface area contributed by atoms with Crippen molar-refractivity contribution in [3.8, 4) is 0 Å². The molecule has 1 atom stereocenters. The van der Waals surface area contributed by atoms with Crippen molar-refractivity contribution in [1.29, 1.82) is 0 Å². The van der Waals surface area contributed by atoms with Gasteiger partial charge in [0.25, 0.3) is 0 Å². The zero-order valence-electron chi connectivity index (χ0n) is 5.41. The highest BCUT2D eigenvalue weighted by atomic mass is 16.3. The largest absolute Gasteiger partial charge is 0.394 e. The van der Waals surface area contributed by atoms with Crippen molar-refractivity contribution in [3.63, 3.8) is 0 Å². The number of aliphatic hydroxyl groups excluding tert-OH is 1. The normalized spacial score (nSPS) is 12.2. The van der Waals surface area contributed by atoms with E-state index >= 15 is 0 Å². The van der Waals surface area contributed by atoms with Crippen LogP contribution >= 0.6 is 0 Å². The fraction of sp³-hybridized carbons (Fsp3) is 0.600. The molecule has 5 heteroatoms. The summed E-state index contributed by atoms with van der Waals surface area (Å²) in [5.74, 6) is -0.453. The SMILES string of the molecule is NCC(=O)NC(C=O)CO. The minimum atomic E-state index is -0.823. The number of carbonyl (C=O) groups is 2. The van der Waals surface area contributed by atoms with E-state index < -0.39 is 18.6 Å². The van der Waals surface area contributed by atoms with Gasteiger partial charge in [0, 0.05) is 0 Å². The molecule has 0 heterocycles. The van der Waals surface area contributed by atoms with Crippen LogP contribution in [-0.4, -0.2) is 36.5 Å². The number of nitrogens with two attached hydrogens (primary N) is 1. The van der Waals surface area contributed by atoms with E-state index in [0.717, 1.165) is 0 Å². The number of hydrogen-bond acceptors (Lipinski definition) is 4. The lowest BCUT2D eigenvalue weighted by atomic mass is 10.3. The molecule has 0 radical (unpaired) electrons. The smallest absolute Gasteiger partial charge is 0.234 e. The monoisotopic (exact) mass is 146 g/mol. The van der Waals surface area contributed by atoms with Crippen molar-refractivity contribution in [2.75, 3.05) is 13.2 Å². The van der Waals surface area contributed by atoms with E-state index in [1.807, 2.05) is 0 Å². The van der Waals surface area contributed by atoms with E-state index in [1.54, 1.807) is 0 Å². The molecule has 10 heavy (non-hydrogen) atoms. The average Bonchev–Trinajstić information content (AvgIpc) is 1.99. The van der Waals surface area contributed by atoms with Crippen LogP contribution in [0.4, 0.5) is 0 Å². The van der Waals surface area contributed by atoms with E-state index in [9.17, 15) is 9.59 Å². The molecular weight excluding hydrogens is 136 g/mol. The summed E-state index contributed by atoms with van der Waals surface area (Å²) in [6.45, 7) is -0.570. The Labute approximate surface area is 58.2 Å². The molecule has 1 unspecified atom stereocenters. The molecule has 0 aliphatic rings. The molecule has 0 saturated carbocycles. The second-order valence-corrected chi connectivity index (χ2v) is 1.70. The quantitative estimate of drug-likeness (QED) is 0.386. The second-order valence-electron chi connectivity index (χ2n) is 1.70. The number of aliphatic hydroxyl groups is 1. The van der Waals surface area contributed by atoms with E-state index in [0.29, 0.717) is 6.29 Å². The summed E-state index contributed by atoms with van der Waals surface area (Å²) in [4.78, 5) is 20.4. The lowest BCUT2D eigenvalue weighted by Crippen LogP contribution is -2.41. The van der Waals surface area contributed by atoms with Gasteiger partial charge >= 0.3 is 0 Å². The van der Waals surface area contributed by atoms with Crippen molar-refractivity contribution < 1.29 is 14.7 Å². The number of carbonyl (C=O) groups excluding carboxylic acids is 2. The number of amides is 1. The highest BCUT2D eigenvalue weighted by Crippen LogP contribution is 1.73. The van der Waals surface area contributed by atoms with Gasteiger partial charge in [-0.3, -0.25) is 4.79 Å². The van der Waals surface area contributed by atoms with Crippen molar-refractivity contribution in [1.82, 2.24) is 5.32 Å². The molecule has 0 aromatic carbocycles. The lowest BCUT2D eigenvalue weighted by molar-refractivity contribution is -0.123. The van der Waals surface area contributed by atoms with Crippen LogP contribution in [0.15, 0.2) is 0 Å². The zero-order chi connectivity index (χ0) is 7.98. The van der Waals surface area contributed by atoms with Crippen molar-refractivity contribution >= 4 is 12.2 Å². The summed E-state index contributed by atoms with van der Waals surface area (Å²) in [7, 11) is 0. The second kappa shape index (κ2) is 4.89. The average molecular weight is 146 g/mol. The Morgan fingerprint density at radius 1 is 1.80 bits per heavy atom. The third kappa shape index (κ3) is 3.16. The molecule has 5 nitrogen and oxygen atoms in total. The fourth-order valence-corrected chi connectivity index (χ4v) is 0.388. The first kappa shape index (κ1) is 9.06. The molecule has 0 rings (SSSR count). The molecule has 1 amide bonds. The van der Waals surface area contributed by atoms with Crippen LogP contribution in [0.25, 0.3) is 0 Å². The standard InChI is InChI=1S/C5H10N2O3/c6-1-5(10)7-4(2-8)3-9/h2,4,9H,1,3,6H2,(H,7,10). The number of nitrogens with one attached hydrogen (secondary N) is 1. The molecular formula is C5H10N2O3. The Bertz CT molecular complexity index is 126. The van der Waals surface area contributed by atoms with Gasteiger partial charge in [-0.25, -0.2) is 0 Å². The highest BCUT2D eigenvalue weighted by molar-refractivity contribution is 5.81. The first-order valence-electron chi connectivity index (χ1n) is 2.80. The van der Waals surface area contributed by atoms with E-state index in [2.05, 4.69) is 5.32 Å². The predicted molar refractivity (Wildman–Crippen MR) is 34.1 cm³/mol. The summed E-state index contributed by atoms with van der Waals surface area (Å²) in [6.07, 6.45) is 0.452.